The number of fused-ring (bicyclic) bond motifs is 1. The molecule has 3 aromatic rings. The monoisotopic (exact) mass is 358 g/mol. The maximum Gasteiger partial charge on any atom is 0.253 e. The number of hydrogen-bond acceptors (Lipinski definition) is 3. The van der Waals surface area contributed by atoms with E-state index in [0.29, 0.717) is 17.2 Å². The molecular formula is C22H22N4O. The molecule has 1 aromatic heterocycles. The molecule has 1 saturated heterocycles. The van der Waals surface area contributed by atoms with Crippen LogP contribution in [0.25, 0.3) is 10.9 Å². The molecule has 27 heavy (non-hydrogen) atoms. The van der Waals surface area contributed by atoms with Gasteiger partial charge in [0, 0.05) is 48.3 Å². The average molecular weight is 358 g/mol. The van der Waals surface area contributed by atoms with Crippen LogP contribution in [0.15, 0.2) is 54.7 Å². The van der Waals surface area contributed by atoms with Gasteiger partial charge in [0.15, 0.2) is 0 Å². The Labute approximate surface area is 158 Å². The van der Waals surface area contributed by atoms with Crippen molar-refractivity contribution in [1.82, 2.24) is 14.8 Å². The summed E-state index contributed by atoms with van der Waals surface area (Å²) < 4.78 is 0. The maximum atomic E-state index is 13.0. The van der Waals surface area contributed by atoms with Crippen LogP contribution in [-0.2, 0) is 6.54 Å². The van der Waals surface area contributed by atoms with E-state index >= 15 is 0 Å². The summed E-state index contributed by atoms with van der Waals surface area (Å²) in [4.78, 5) is 20.3. The number of nitriles is 1. The lowest BCUT2D eigenvalue weighted by Crippen LogP contribution is -2.36. The molecule has 0 saturated carbocycles. The van der Waals surface area contributed by atoms with Crippen molar-refractivity contribution >= 4 is 16.8 Å². The van der Waals surface area contributed by atoms with Crippen molar-refractivity contribution in [2.75, 3.05) is 20.1 Å². The van der Waals surface area contributed by atoms with Crippen LogP contribution >= 0.6 is 0 Å². The van der Waals surface area contributed by atoms with Crippen LogP contribution in [0.2, 0.25) is 0 Å². The lowest BCUT2D eigenvalue weighted by Gasteiger charge is -2.24. The number of nitrogens with one attached hydrogen (secondary N) is 1. The number of likely N-dealkylation sites (tertiary alicyclic amines) is 1. The second kappa shape index (κ2) is 7.26. The van der Waals surface area contributed by atoms with Crippen LogP contribution in [-0.4, -0.2) is 46.9 Å². The number of aromatic amines is 1. The molecule has 1 aliphatic rings. The fourth-order valence-electron chi connectivity index (χ4n) is 3.82. The Kier molecular flexibility index (Phi) is 4.66. The molecule has 1 fully saturated rings. The van der Waals surface area contributed by atoms with Gasteiger partial charge in [-0.3, -0.25) is 9.69 Å². The van der Waals surface area contributed by atoms with Crippen LogP contribution in [0.5, 0.6) is 0 Å². The molecule has 1 amide bonds. The van der Waals surface area contributed by atoms with E-state index < -0.39 is 0 Å². The van der Waals surface area contributed by atoms with Crippen molar-refractivity contribution in [3.8, 4) is 6.07 Å². The van der Waals surface area contributed by atoms with Crippen molar-refractivity contribution in [2.45, 2.75) is 19.0 Å². The highest BCUT2D eigenvalue weighted by atomic mass is 16.2. The number of hydrogen-bond donors (Lipinski definition) is 1. The van der Waals surface area contributed by atoms with Crippen LogP contribution in [0, 0.1) is 11.3 Å². The molecule has 1 unspecified atom stereocenters. The third-order valence-electron chi connectivity index (χ3n) is 5.40. The summed E-state index contributed by atoms with van der Waals surface area (Å²) >= 11 is 0. The zero-order valence-electron chi connectivity index (χ0n) is 15.4. The Morgan fingerprint density at radius 3 is 2.89 bits per heavy atom. The third kappa shape index (κ3) is 3.44. The first-order chi connectivity index (χ1) is 13.2. The van der Waals surface area contributed by atoms with Crippen LogP contribution < -0.4 is 0 Å². The number of amides is 1. The summed E-state index contributed by atoms with van der Waals surface area (Å²) in [5.41, 5.74) is 3.38. The number of aromatic nitrogens is 1. The Morgan fingerprint density at radius 1 is 1.30 bits per heavy atom. The van der Waals surface area contributed by atoms with Gasteiger partial charge in [0.25, 0.3) is 5.91 Å². The minimum Gasteiger partial charge on any atom is -0.360 e. The van der Waals surface area contributed by atoms with Gasteiger partial charge in [0.05, 0.1) is 5.56 Å². The van der Waals surface area contributed by atoms with Crippen LogP contribution in [0.1, 0.15) is 27.9 Å². The van der Waals surface area contributed by atoms with E-state index in [1.165, 1.54) is 5.56 Å². The number of nitrogens with zero attached hydrogens (tertiary/aromatic N) is 3. The molecule has 0 aliphatic carbocycles. The first-order valence-corrected chi connectivity index (χ1v) is 9.20. The molecule has 5 nitrogen and oxygen atoms in total. The summed E-state index contributed by atoms with van der Waals surface area (Å²) in [5.74, 6) is 0.0394. The second-order valence-electron chi connectivity index (χ2n) is 7.17. The van der Waals surface area contributed by atoms with E-state index in [0.717, 1.165) is 37.0 Å². The molecule has 0 spiro atoms. The molecule has 1 aliphatic heterocycles. The highest BCUT2D eigenvalue weighted by Crippen LogP contribution is 2.23. The number of H-pyrrole nitrogens is 1. The fraction of sp³-hybridized carbons (Fsp3) is 0.273. The SMILES string of the molecule is CN(Cc1ccccc1)C1CCN(C(=O)c2ccc3[nH]cc(C#N)c3c2)C1. The maximum absolute atomic E-state index is 13.0. The minimum absolute atomic E-state index is 0.0394. The minimum atomic E-state index is 0.0394. The number of likely N-dealkylation sites (N-methyl/N-ethyl adjacent to an activating group) is 1. The Hall–Kier alpha value is -3.10. The van der Waals surface area contributed by atoms with Gasteiger partial charge >= 0.3 is 0 Å². The predicted molar refractivity (Wildman–Crippen MR) is 105 cm³/mol. The zero-order valence-corrected chi connectivity index (χ0v) is 15.4. The third-order valence-corrected chi connectivity index (χ3v) is 5.40. The van der Waals surface area contributed by atoms with Gasteiger partial charge in [-0.25, -0.2) is 0 Å². The number of carbonyl (C=O) groups excluding carboxylic acids is 1. The molecule has 5 heteroatoms. The van der Waals surface area contributed by atoms with Crippen LogP contribution in [0.4, 0.5) is 0 Å². The molecular weight excluding hydrogens is 336 g/mol. The second-order valence-corrected chi connectivity index (χ2v) is 7.17. The largest absolute Gasteiger partial charge is 0.360 e. The predicted octanol–water partition coefficient (Wildman–Crippen LogP) is 3.39. The van der Waals surface area contributed by atoms with Crippen LogP contribution in [0.3, 0.4) is 0 Å². The topological polar surface area (TPSA) is 63.1 Å². The highest BCUT2D eigenvalue weighted by molar-refractivity contribution is 5.99. The number of rotatable bonds is 4. The molecule has 0 radical (unpaired) electrons. The van der Waals surface area contributed by atoms with E-state index in [-0.39, 0.29) is 5.91 Å². The highest BCUT2D eigenvalue weighted by Gasteiger charge is 2.29. The van der Waals surface area contributed by atoms with E-state index in [1.807, 2.05) is 29.2 Å². The molecule has 4 rings (SSSR count). The molecule has 1 N–H and O–H groups in total. The average Bonchev–Trinajstić information content (AvgIpc) is 3.35. The number of carbonyl (C=O) groups is 1. The summed E-state index contributed by atoms with van der Waals surface area (Å²) in [7, 11) is 2.12. The summed E-state index contributed by atoms with van der Waals surface area (Å²) in [6.45, 7) is 2.38. The van der Waals surface area contributed by atoms with E-state index in [1.54, 1.807) is 6.20 Å². The lowest BCUT2D eigenvalue weighted by atomic mass is 10.1. The first-order valence-electron chi connectivity index (χ1n) is 9.20. The normalized spacial score (nSPS) is 16.8. The summed E-state index contributed by atoms with van der Waals surface area (Å²) in [6, 6.07) is 18.5. The zero-order chi connectivity index (χ0) is 18.8. The standard InChI is InChI=1S/C22H22N4O/c1-25(14-16-5-3-2-4-6-16)19-9-10-26(15-19)22(27)17-7-8-21-20(11-17)18(12-23)13-24-21/h2-8,11,13,19,24H,9-10,14-15H2,1H3. The quantitative estimate of drug-likeness (QED) is 0.778. The van der Waals surface area contributed by atoms with Crippen molar-refractivity contribution in [2.24, 2.45) is 0 Å². The summed E-state index contributed by atoms with van der Waals surface area (Å²) in [6.07, 6.45) is 2.66. The fourth-order valence-corrected chi connectivity index (χ4v) is 3.82. The molecule has 136 valence electrons. The number of benzene rings is 2. The molecule has 2 heterocycles. The van der Waals surface area contributed by atoms with Gasteiger partial charge in [-0.2, -0.15) is 5.26 Å². The Bertz CT molecular complexity index is 1000. The van der Waals surface area contributed by atoms with Crippen molar-refractivity contribution in [1.29, 1.82) is 5.26 Å². The van der Waals surface area contributed by atoms with Gasteiger partial charge in [-0.1, -0.05) is 30.3 Å². The van der Waals surface area contributed by atoms with Gasteiger partial charge in [-0.15, -0.1) is 0 Å². The lowest BCUT2D eigenvalue weighted by molar-refractivity contribution is 0.0780. The summed E-state index contributed by atoms with van der Waals surface area (Å²) in [5, 5.41) is 10.0. The van der Waals surface area contributed by atoms with Gasteiger partial charge in [0.1, 0.15) is 6.07 Å². The molecule has 1 atom stereocenters. The van der Waals surface area contributed by atoms with Gasteiger partial charge in [0.2, 0.25) is 0 Å². The van der Waals surface area contributed by atoms with Crippen molar-refractivity contribution in [3.63, 3.8) is 0 Å². The van der Waals surface area contributed by atoms with E-state index in [9.17, 15) is 10.1 Å². The Morgan fingerprint density at radius 2 is 2.11 bits per heavy atom. The van der Waals surface area contributed by atoms with Crippen molar-refractivity contribution in [3.05, 3.63) is 71.4 Å². The van der Waals surface area contributed by atoms with E-state index in [2.05, 4.69) is 47.3 Å². The van der Waals surface area contributed by atoms with Gasteiger partial charge in [-0.05, 0) is 37.2 Å². The van der Waals surface area contributed by atoms with Gasteiger partial charge < -0.3 is 9.88 Å². The smallest absolute Gasteiger partial charge is 0.253 e. The molecule has 0 bridgehead atoms. The molecule has 2 aromatic carbocycles. The first kappa shape index (κ1) is 17.3. The Balaban J connectivity index is 1.45. The van der Waals surface area contributed by atoms with E-state index in [4.69, 9.17) is 0 Å². The van der Waals surface area contributed by atoms with Crippen molar-refractivity contribution < 1.29 is 4.79 Å².